The zero-order valence-corrected chi connectivity index (χ0v) is 32.6. The lowest BCUT2D eigenvalue weighted by atomic mass is 9.89. The Balaban J connectivity index is 1.19. The van der Waals surface area contributed by atoms with Crippen LogP contribution in [-0.2, 0) is 0 Å². The van der Waals surface area contributed by atoms with Gasteiger partial charge in [-0.05, 0) is 45.3 Å². The molecular weight excluding hydrogens is 735 g/mol. The Kier molecular flexibility index (Phi) is 7.72. The second kappa shape index (κ2) is 13.6. The molecular formula is C55H33N3S. The number of nitrogens with zero attached hydrogens (tertiary/aromatic N) is 3. The van der Waals surface area contributed by atoms with E-state index in [1.807, 2.05) is 17.4 Å². The molecule has 274 valence electrons. The molecule has 0 bridgehead atoms. The van der Waals surface area contributed by atoms with E-state index in [2.05, 4.69) is 194 Å². The third kappa shape index (κ3) is 5.45. The summed E-state index contributed by atoms with van der Waals surface area (Å²) in [6.07, 6.45) is 0. The lowest BCUT2D eigenvalue weighted by Crippen LogP contribution is -2.02. The highest BCUT2D eigenvalue weighted by molar-refractivity contribution is 7.26. The molecule has 0 N–H and O–H groups in total. The molecule has 4 heteroatoms. The van der Waals surface area contributed by atoms with Gasteiger partial charge in [0.05, 0.1) is 22.6 Å². The fraction of sp³-hybridized carbons (Fsp3) is 0. The first kappa shape index (κ1) is 33.6. The van der Waals surface area contributed by atoms with Crippen LogP contribution in [0.2, 0.25) is 0 Å². The maximum atomic E-state index is 5.53. The van der Waals surface area contributed by atoms with Gasteiger partial charge in [-0.25, -0.2) is 15.0 Å². The van der Waals surface area contributed by atoms with Crippen molar-refractivity contribution in [3.05, 3.63) is 200 Å². The highest BCUT2D eigenvalue weighted by atomic mass is 32.1. The van der Waals surface area contributed by atoms with Gasteiger partial charge in [0.2, 0.25) is 0 Å². The van der Waals surface area contributed by atoms with E-state index in [1.54, 1.807) is 0 Å². The van der Waals surface area contributed by atoms with E-state index in [0.717, 1.165) is 82.9 Å². The van der Waals surface area contributed by atoms with Gasteiger partial charge in [-0.2, -0.15) is 0 Å². The summed E-state index contributed by atoms with van der Waals surface area (Å²) in [6.45, 7) is 0. The van der Waals surface area contributed by atoms with Crippen molar-refractivity contribution >= 4 is 74.7 Å². The summed E-state index contributed by atoms with van der Waals surface area (Å²) in [5.74, 6) is 0.686. The van der Waals surface area contributed by atoms with E-state index >= 15 is 0 Å². The SMILES string of the molecule is c1ccc(-c2nc(-c3cccc4ccccc34)c(-c3cccc(-c4nc5ccccc5c5c4ccc4c6ccccc6sc45)c3)c(-c3cccc4ccccc34)n2)cc1. The number of aromatic nitrogens is 3. The zero-order valence-electron chi connectivity index (χ0n) is 31.8. The molecule has 0 aliphatic rings. The fourth-order valence-electron chi connectivity index (χ4n) is 8.96. The average Bonchev–Trinajstić information content (AvgIpc) is 3.70. The smallest absolute Gasteiger partial charge is 0.160 e. The van der Waals surface area contributed by atoms with Crippen LogP contribution in [0.25, 0.3) is 120 Å². The zero-order chi connectivity index (χ0) is 38.9. The summed E-state index contributed by atoms with van der Waals surface area (Å²) in [6, 6.07) is 71.3. The second-order valence-electron chi connectivity index (χ2n) is 15.1. The third-order valence-electron chi connectivity index (χ3n) is 11.7. The largest absolute Gasteiger partial charge is 0.247 e. The summed E-state index contributed by atoms with van der Waals surface area (Å²) in [7, 11) is 0. The van der Waals surface area contributed by atoms with E-state index in [9.17, 15) is 0 Å². The van der Waals surface area contributed by atoms with Gasteiger partial charge < -0.3 is 0 Å². The average molecular weight is 768 g/mol. The van der Waals surface area contributed by atoms with Crippen LogP contribution >= 0.6 is 11.3 Å². The molecule has 59 heavy (non-hydrogen) atoms. The van der Waals surface area contributed by atoms with Gasteiger partial charge in [-0.15, -0.1) is 11.3 Å². The number of fused-ring (bicyclic) bond motifs is 9. The van der Waals surface area contributed by atoms with Gasteiger partial charge in [0, 0.05) is 64.1 Å². The van der Waals surface area contributed by atoms with Gasteiger partial charge in [0.1, 0.15) is 0 Å². The third-order valence-corrected chi connectivity index (χ3v) is 12.9. The molecule has 12 rings (SSSR count). The first-order valence-corrected chi connectivity index (χ1v) is 20.8. The van der Waals surface area contributed by atoms with Crippen molar-refractivity contribution in [3.8, 4) is 56.3 Å². The minimum atomic E-state index is 0.686. The molecule has 9 aromatic carbocycles. The lowest BCUT2D eigenvalue weighted by Gasteiger charge is -2.19. The summed E-state index contributed by atoms with van der Waals surface area (Å²) in [5.41, 5.74) is 9.85. The number of hydrogen-bond donors (Lipinski definition) is 0. The first-order chi connectivity index (χ1) is 29.3. The predicted molar refractivity (Wildman–Crippen MR) is 250 cm³/mol. The molecule has 12 aromatic rings. The van der Waals surface area contributed by atoms with Crippen LogP contribution in [-0.4, -0.2) is 15.0 Å². The Bertz CT molecular complexity index is 3510. The molecule has 3 nitrogen and oxygen atoms in total. The minimum absolute atomic E-state index is 0.686. The molecule has 0 unspecified atom stereocenters. The van der Waals surface area contributed by atoms with Gasteiger partial charge in [0.15, 0.2) is 5.82 Å². The van der Waals surface area contributed by atoms with Crippen molar-refractivity contribution in [2.75, 3.05) is 0 Å². The van der Waals surface area contributed by atoms with Crippen molar-refractivity contribution < 1.29 is 0 Å². The van der Waals surface area contributed by atoms with E-state index in [-0.39, 0.29) is 0 Å². The number of pyridine rings is 1. The Hall–Kier alpha value is -7.53. The Morgan fingerprint density at radius 2 is 0.881 bits per heavy atom. The molecule has 0 atom stereocenters. The molecule has 0 fully saturated rings. The van der Waals surface area contributed by atoms with Crippen molar-refractivity contribution in [2.45, 2.75) is 0 Å². The summed E-state index contributed by atoms with van der Waals surface area (Å²) < 4.78 is 2.58. The molecule has 0 aliphatic carbocycles. The monoisotopic (exact) mass is 767 g/mol. The number of para-hydroxylation sites is 1. The summed E-state index contributed by atoms with van der Waals surface area (Å²) >= 11 is 1.87. The van der Waals surface area contributed by atoms with Crippen LogP contribution in [0.15, 0.2) is 200 Å². The Morgan fingerprint density at radius 3 is 1.61 bits per heavy atom. The maximum absolute atomic E-state index is 5.53. The van der Waals surface area contributed by atoms with Crippen molar-refractivity contribution in [2.24, 2.45) is 0 Å². The molecule has 0 radical (unpaired) electrons. The van der Waals surface area contributed by atoms with E-state index < -0.39 is 0 Å². The van der Waals surface area contributed by atoms with Crippen LogP contribution in [0.3, 0.4) is 0 Å². The predicted octanol–water partition coefficient (Wildman–Crippen LogP) is 15.2. The highest BCUT2D eigenvalue weighted by Crippen LogP contribution is 2.46. The molecule has 0 saturated heterocycles. The Morgan fingerprint density at radius 1 is 0.339 bits per heavy atom. The van der Waals surface area contributed by atoms with Crippen LogP contribution in [0.5, 0.6) is 0 Å². The normalized spacial score (nSPS) is 11.7. The van der Waals surface area contributed by atoms with E-state index in [4.69, 9.17) is 15.0 Å². The minimum Gasteiger partial charge on any atom is -0.247 e. The van der Waals surface area contributed by atoms with Crippen LogP contribution in [0.4, 0.5) is 0 Å². The van der Waals surface area contributed by atoms with E-state index in [0.29, 0.717) is 5.82 Å². The number of hydrogen-bond acceptors (Lipinski definition) is 4. The quantitative estimate of drug-likeness (QED) is 0.164. The maximum Gasteiger partial charge on any atom is 0.160 e. The second-order valence-corrected chi connectivity index (χ2v) is 16.1. The summed E-state index contributed by atoms with van der Waals surface area (Å²) in [5, 5.41) is 10.7. The van der Waals surface area contributed by atoms with Gasteiger partial charge in [0.25, 0.3) is 0 Å². The molecule has 0 spiro atoms. The standard InChI is InChI=1S/C55H33N3S/c1-2-17-36(18-3-1)55-57-52(42-27-13-19-34-15-4-6-23-39(34)42)49(53(58-55)43-28-14-20-35-16-5-7-24-40(35)43)37-21-12-22-38(33-37)51-46-32-31-44-41-25-9-11-30-48(41)59-54(44)50(46)45-26-8-10-29-47(45)56-51/h1-33H. The number of rotatable bonds is 5. The molecule has 0 amide bonds. The number of thiophene rings is 1. The lowest BCUT2D eigenvalue weighted by molar-refractivity contribution is 1.19. The van der Waals surface area contributed by atoms with Crippen molar-refractivity contribution in [1.29, 1.82) is 0 Å². The first-order valence-electron chi connectivity index (χ1n) is 19.9. The number of benzene rings is 9. The molecule has 0 aliphatic heterocycles. The molecule has 3 heterocycles. The van der Waals surface area contributed by atoms with E-state index in [1.165, 1.54) is 30.9 Å². The highest BCUT2D eigenvalue weighted by Gasteiger charge is 2.24. The van der Waals surface area contributed by atoms with Crippen LogP contribution in [0, 0.1) is 0 Å². The van der Waals surface area contributed by atoms with Crippen molar-refractivity contribution in [3.63, 3.8) is 0 Å². The van der Waals surface area contributed by atoms with Gasteiger partial charge in [-0.3, -0.25) is 0 Å². The molecule has 0 saturated carbocycles. The van der Waals surface area contributed by atoms with Crippen LogP contribution < -0.4 is 0 Å². The fourth-order valence-corrected chi connectivity index (χ4v) is 10.2. The van der Waals surface area contributed by atoms with Gasteiger partial charge >= 0.3 is 0 Å². The molecule has 3 aromatic heterocycles. The Labute approximate surface area is 344 Å². The summed E-state index contributed by atoms with van der Waals surface area (Å²) in [4.78, 5) is 16.5. The van der Waals surface area contributed by atoms with Crippen molar-refractivity contribution in [1.82, 2.24) is 15.0 Å². The van der Waals surface area contributed by atoms with Crippen LogP contribution in [0.1, 0.15) is 0 Å². The van der Waals surface area contributed by atoms with Gasteiger partial charge in [-0.1, -0.05) is 182 Å². The topological polar surface area (TPSA) is 38.7 Å².